The fourth-order valence-electron chi connectivity index (χ4n) is 5.92. The lowest BCUT2D eigenvalue weighted by Gasteiger charge is -2.45. The van der Waals surface area contributed by atoms with Crippen molar-refractivity contribution in [1.82, 2.24) is 14.8 Å². The number of aryl methyl sites for hydroxylation is 1. The lowest BCUT2D eigenvalue weighted by Crippen LogP contribution is -2.54. The van der Waals surface area contributed by atoms with Crippen molar-refractivity contribution in [3.8, 4) is 0 Å². The van der Waals surface area contributed by atoms with Crippen LogP contribution in [-0.2, 0) is 16.1 Å². The molecule has 0 unspecified atom stereocenters. The molecule has 1 spiro atoms. The van der Waals surface area contributed by atoms with Crippen LogP contribution in [0.25, 0.3) is 0 Å². The monoisotopic (exact) mass is 566 g/mol. The quantitative estimate of drug-likeness (QED) is 0.515. The van der Waals surface area contributed by atoms with Crippen molar-refractivity contribution in [1.29, 1.82) is 0 Å². The van der Waals surface area contributed by atoms with Gasteiger partial charge in [0, 0.05) is 49.5 Å². The van der Waals surface area contributed by atoms with E-state index < -0.39 is 30.5 Å². The molecule has 14 heteroatoms. The number of carboxylic acids is 1. The average molecular weight is 567 g/mol. The zero-order valence-electron chi connectivity index (χ0n) is 21.5. The van der Waals surface area contributed by atoms with Gasteiger partial charge in [0.2, 0.25) is 0 Å². The molecule has 0 atom stereocenters. The summed E-state index contributed by atoms with van der Waals surface area (Å²) in [6.45, 7) is 4.28. The third kappa shape index (κ3) is 6.52. The van der Waals surface area contributed by atoms with Crippen molar-refractivity contribution < 1.29 is 45.8 Å². The van der Waals surface area contributed by atoms with E-state index in [2.05, 4.69) is 14.5 Å². The highest BCUT2D eigenvalue weighted by Gasteiger charge is 2.60. The number of ether oxygens (including phenoxy) is 1. The fraction of sp³-hybridized carbons (Fsp3) is 0.720. The molecule has 0 saturated carbocycles. The molecule has 4 rings (SSSR count). The summed E-state index contributed by atoms with van der Waals surface area (Å²) < 4.78 is 80.9. The molecule has 1 aromatic heterocycles. The van der Waals surface area contributed by atoms with Crippen LogP contribution in [0.15, 0.2) is 12.1 Å². The molecule has 0 aliphatic carbocycles. The summed E-state index contributed by atoms with van der Waals surface area (Å²) in [6, 6.07) is 3.90. The van der Waals surface area contributed by atoms with Crippen LogP contribution in [0.3, 0.4) is 0 Å². The minimum Gasteiger partial charge on any atom is -0.481 e. The van der Waals surface area contributed by atoms with Gasteiger partial charge in [-0.2, -0.15) is 26.3 Å². The van der Waals surface area contributed by atoms with Gasteiger partial charge in [0.15, 0.2) is 0 Å². The molecule has 218 valence electrons. The highest BCUT2D eigenvalue weighted by molar-refractivity contribution is 5.70. The Bertz CT molecular complexity index is 1040. The Labute approximate surface area is 221 Å². The number of hydrogen-bond donors (Lipinski definition) is 1. The largest absolute Gasteiger partial charge is 0.481 e. The molecule has 3 aliphatic rings. The van der Waals surface area contributed by atoms with Crippen LogP contribution in [0.5, 0.6) is 0 Å². The first-order chi connectivity index (χ1) is 18.2. The number of halogens is 6. The van der Waals surface area contributed by atoms with Crippen molar-refractivity contribution in [3.63, 3.8) is 0 Å². The minimum absolute atomic E-state index is 0.0144. The second-order valence-electron chi connectivity index (χ2n) is 10.6. The maximum atomic E-state index is 12.8. The van der Waals surface area contributed by atoms with E-state index in [9.17, 15) is 41.0 Å². The molecule has 1 amide bonds. The molecule has 39 heavy (non-hydrogen) atoms. The molecule has 1 aromatic rings. The predicted molar refractivity (Wildman–Crippen MR) is 127 cm³/mol. The van der Waals surface area contributed by atoms with Gasteiger partial charge in [-0.3, -0.25) is 9.69 Å². The lowest BCUT2D eigenvalue weighted by atomic mass is 9.85. The number of nitrogens with zero attached hydrogens (tertiary/aromatic N) is 4. The van der Waals surface area contributed by atoms with E-state index in [-0.39, 0.29) is 24.5 Å². The Morgan fingerprint density at radius 1 is 1.03 bits per heavy atom. The molecule has 0 radical (unpaired) electrons. The van der Waals surface area contributed by atoms with E-state index in [0.29, 0.717) is 45.3 Å². The maximum Gasteiger partial charge on any atom is 0.434 e. The molecule has 1 N–H and O–H groups in total. The maximum absolute atomic E-state index is 12.8. The third-order valence-electron chi connectivity index (χ3n) is 8.11. The Hall–Kier alpha value is -2.77. The van der Waals surface area contributed by atoms with Crippen molar-refractivity contribution in [2.24, 2.45) is 5.92 Å². The number of rotatable bonds is 5. The van der Waals surface area contributed by atoms with Gasteiger partial charge in [-0.15, -0.1) is 0 Å². The van der Waals surface area contributed by atoms with Crippen LogP contribution in [0.1, 0.15) is 49.8 Å². The van der Waals surface area contributed by atoms with Gasteiger partial charge in [-0.1, -0.05) is 6.07 Å². The molecule has 3 aliphatic heterocycles. The van der Waals surface area contributed by atoms with Crippen LogP contribution in [0.4, 0.5) is 37.0 Å². The smallest absolute Gasteiger partial charge is 0.434 e. The van der Waals surface area contributed by atoms with Gasteiger partial charge in [0.25, 0.3) is 6.10 Å². The Kier molecular flexibility index (Phi) is 8.25. The number of aliphatic carboxylic acids is 1. The van der Waals surface area contributed by atoms with Crippen molar-refractivity contribution >= 4 is 17.9 Å². The van der Waals surface area contributed by atoms with E-state index in [4.69, 9.17) is 4.98 Å². The Morgan fingerprint density at radius 3 is 2.21 bits per heavy atom. The first-order valence-corrected chi connectivity index (χ1v) is 13.0. The second-order valence-corrected chi connectivity index (χ2v) is 10.6. The summed E-state index contributed by atoms with van der Waals surface area (Å²) in [7, 11) is 0. The molecular weight excluding hydrogens is 534 g/mol. The van der Waals surface area contributed by atoms with Gasteiger partial charge in [0.1, 0.15) is 5.82 Å². The Balaban J connectivity index is 1.42. The number of amides is 1. The Morgan fingerprint density at radius 2 is 1.64 bits per heavy atom. The first kappa shape index (κ1) is 29.2. The summed E-state index contributed by atoms with van der Waals surface area (Å²) in [4.78, 5) is 33.6. The van der Waals surface area contributed by atoms with Gasteiger partial charge in [-0.05, 0) is 58.1 Å². The van der Waals surface area contributed by atoms with Crippen LogP contribution in [0.2, 0.25) is 0 Å². The van der Waals surface area contributed by atoms with Crippen LogP contribution in [0, 0.1) is 12.8 Å². The third-order valence-corrected chi connectivity index (χ3v) is 8.11. The van der Waals surface area contributed by atoms with E-state index in [1.165, 1.54) is 0 Å². The minimum atomic E-state index is -5.75. The number of carbonyl (C=O) groups is 2. The topological polar surface area (TPSA) is 86.2 Å². The van der Waals surface area contributed by atoms with Gasteiger partial charge in [0.05, 0.1) is 5.92 Å². The molecule has 3 saturated heterocycles. The zero-order chi connectivity index (χ0) is 28.6. The van der Waals surface area contributed by atoms with E-state index in [1.807, 2.05) is 19.1 Å². The number of likely N-dealkylation sites (tertiary alicyclic amines) is 2. The molecule has 3 fully saturated rings. The van der Waals surface area contributed by atoms with Crippen molar-refractivity contribution in [2.75, 3.05) is 37.6 Å². The number of aromatic nitrogens is 1. The molecule has 4 heterocycles. The van der Waals surface area contributed by atoms with E-state index in [0.717, 1.165) is 41.4 Å². The number of anilines is 1. The van der Waals surface area contributed by atoms with Crippen LogP contribution >= 0.6 is 0 Å². The SMILES string of the molecule is Cc1ccc(CN2CCCC23CCN(C(=O)OC(C(F)(F)F)C(F)(F)F)CC3)c(N2CCC(C(=O)O)CC2)n1. The van der Waals surface area contributed by atoms with Gasteiger partial charge in [-0.25, -0.2) is 9.78 Å². The number of hydrogen-bond acceptors (Lipinski definition) is 6. The number of carbonyl (C=O) groups excluding carboxylic acids is 1. The molecule has 0 bridgehead atoms. The summed E-state index contributed by atoms with van der Waals surface area (Å²) in [6.07, 6.45) is -13.8. The molecule has 8 nitrogen and oxygen atoms in total. The first-order valence-electron chi connectivity index (χ1n) is 13.0. The number of alkyl halides is 6. The van der Waals surface area contributed by atoms with E-state index >= 15 is 0 Å². The normalized spacial score (nSPS) is 21.1. The van der Waals surface area contributed by atoms with E-state index in [1.54, 1.807) is 0 Å². The van der Waals surface area contributed by atoms with Crippen molar-refractivity contribution in [2.45, 2.75) is 76.0 Å². The summed E-state index contributed by atoms with van der Waals surface area (Å²) in [5, 5.41) is 9.32. The average Bonchev–Trinajstić information content (AvgIpc) is 3.23. The highest BCUT2D eigenvalue weighted by atomic mass is 19.4. The second kappa shape index (κ2) is 11.0. The summed E-state index contributed by atoms with van der Waals surface area (Å²) in [5.74, 6) is -0.378. The fourth-order valence-corrected chi connectivity index (χ4v) is 5.92. The van der Waals surface area contributed by atoms with Crippen LogP contribution in [-0.4, -0.2) is 88.7 Å². The van der Waals surface area contributed by atoms with Crippen molar-refractivity contribution in [3.05, 3.63) is 23.4 Å². The standard InChI is InChI=1S/C25H32F6N4O4/c1-16-3-4-18(19(32-16)33-11-5-17(6-12-33)20(36)37)15-35-10-2-7-23(35)8-13-34(14-9-23)22(38)39-21(24(26,27)28)25(29,30)31/h3-4,17,21H,2,5-15H2,1H3,(H,36,37). The zero-order valence-corrected chi connectivity index (χ0v) is 21.5. The predicted octanol–water partition coefficient (Wildman–Crippen LogP) is 4.75. The highest BCUT2D eigenvalue weighted by Crippen LogP contribution is 2.41. The van der Waals surface area contributed by atoms with Crippen LogP contribution < -0.4 is 4.90 Å². The van der Waals surface area contributed by atoms with Gasteiger partial charge >= 0.3 is 24.4 Å². The number of pyridine rings is 1. The number of piperidine rings is 2. The number of carboxylic acid groups (broad SMARTS) is 1. The lowest BCUT2D eigenvalue weighted by molar-refractivity contribution is -0.308. The summed E-state index contributed by atoms with van der Waals surface area (Å²) >= 11 is 0. The summed E-state index contributed by atoms with van der Waals surface area (Å²) in [5.41, 5.74) is 1.45. The van der Waals surface area contributed by atoms with Gasteiger partial charge < -0.3 is 19.6 Å². The molecule has 0 aromatic carbocycles. The molecular formula is C25H32F6N4O4.